The van der Waals surface area contributed by atoms with Crippen LogP contribution in [0.2, 0.25) is 0 Å². The van der Waals surface area contributed by atoms with Crippen molar-refractivity contribution in [3.63, 3.8) is 0 Å². The molecule has 1 N–H and O–H groups in total. The highest BCUT2D eigenvalue weighted by molar-refractivity contribution is 5.06. The van der Waals surface area contributed by atoms with Crippen molar-refractivity contribution in [3.05, 3.63) is 48.3 Å². The number of rotatable bonds is 4. The van der Waals surface area contributed by atoms with Gasteiger partial charge in [0.2, 0.25) is 0 Å². The van der Waals surface area contributed by atoms with Gasteiger partial charge in [0.25, 0.3) is 0 Å². The molecule has 0 spiro atoms. The van der Waals surface area contributed by atoms with Gasteiger partial charge in [-0.1, -0.05) is 6.07 Å². The van der Waals surface area contributed by atoms with E-state index in [1.807, 2.05) is 30.7 Å². The van der Waals surface area contributed by atoms with Crippen molar-refractivity contribution in [1.82, 2.24) is 19.9 Å². The van der Waals surface area contributed by atoms with Crippen molar-refractivity contribution in [1.29, 1.82) is 0 Å². The highest BCUT2D eigenvalue weighted by Crippen LogP contribution is 2.10. The van der Waals surface area contributed by atoms with Gasteiger partial charge in [0, 0.05) is 43.8 Å². The average Bonchev–Trinajstić information content (AvgIpc) is 2.79. The van der Waals surface area contributed by atoms with E-state index in [-0.39, 0.29) is 0 Å². The fourth-order valence-electron chi connectivity index (χ4n) is 2.34. The number of hydrogen-bond donors (Lipinski definition) is 1. The van der Waals surface area contributed by atoms with Crippen LogP contribution in [0.1, 0.15) is 11.4 Å². The number of hydrogen-bond acceptors (Lipinski definition) is 4. The van der Waals surface area contributed by atoms with Crippen LogP contribution in [0, 0.1) is 5.92 Å². The minimum Gasteiger partial charge on any atom is -0.376 e. The summed E-state index contributed by atoms with van der Waals surface area (Å²) in [6.07, 6.45) is 7.52. The first-order chi connectivity index (χ1) is 9.42. The monoisotopic (exact) mass is 258 g/mol. The minimum absolute atomic E-state index is 0.479. The van der Waals surface area contributed by atoms with E-state index in [0.717, 1.165) is 37.6 Å². The minimum atomic E-state index is 0.479. The van der Waals surface area contributed by atoms with E-state index in [2.05, 4.69) is 19.9 Å². The maximum Gasteiger partial charge on any atom is 0.122 e. The molecule has 0 aliphatic carbocycles. The summed E-state index contributed by atoms with van der Waals surface area (Å²) in [5.41, 5.74) is 1.12. The number of fused-ring (bicyclic) bond motifs is 1. The number of ether oxygens (including phenoxy) is 1. The molecule has 0 saturated carbocycles. The molecule has 3 rings (SSSR count). The van der Waals surface area contributed by atoms with E-state index in [1.54, 1.807) is 6.20 Å². The second kappa shape index (κ2) is 5.95. The van der Waals surface area contributed by atoms with Gasteiger partial charge in [-0.15, -0.1) is 0 Å². The Morgan fingerprint density at radius 1 is 1.42 bits per heavy atom. The molecule has 0 fully saturated rings. The summed E-state index contributed by atoms with van der Waals surface area (Å²) >= 11 is 0. The standard InChI is InChI=1S/C14H18N4O/c1-2-12(6-15-3-1)10-19-11-13-7-16-8-14-17-4-5-18(14)9-13/h1-6,13,16H,7-11H2/t13-/m0/s1. The summed E-state index contributed by atoms with van der Waals surface area (Å²) in [6, 6.07) is 3.97. The Hall–Kier alpha value is -1.72. The molecule has 5 nitrogen and oxygen atoms in total. The first kappa shape index (κ1) is 12.3. The zero-order chi connectivity index (χ0) is 12.9. The van der Waals surface area contributed by atoms with Crippen LogP contribution in [0.25, 0.3) is 0 Å². The van der Waals surface area contributed by atoms with Gasteiger partial charge in [0.1, 0.15) is 5.82 Å². The van der Waals surface area contributed by atoms with Crippen LogP contribution in [0.15, 0.2) is 36.9 Å². The molecule has 5 heteroatoms. The summed E-state index contributed by atoms with van der Waals surface area (Å²) < 4.78 is 8.00. The molecule has 0 amide bonds. The van der Waals surface area contributed by atoms with Gasteiger partial charge in [-0.2, -0.15) is 0 Å². The first-order valence-corrected chi connectivity index (χ1v) is 6.59. The Balaban J connectivity index is 1.51. The molecule has 0 aromatic carbocycles. The van der Waals surface area contributed by atoms with Gasteiger partial charge in [0.15, 0.2) is 0 Å². The lowest BCUT2D eigenvalue weighted by molar-refractivity contribution is 0.0822. The molecule has 1 aliphatic heterocycles. The van der Waals surface area contributed by atoms with E-state index in [1.165, 1.54) is 0 Å². The summed E-state index contributed by atoms with van der Waals surface area (Å²) in [4.78, 5) is 8.41. The Morgan fingerprint density at radius 2 is 2.42 bits per heavy atom. The molecule has 19 heavy (non-hydrogen) atoms. The molecule has 1 aliphatic rings. The van der Waals surface area contributed by atoms with Gasteiger partial charge in [-0.05, 0) is 11.6 Å². The largest absolute Gasteiger partial charge is 0.376 e. The zero-order valence-corrected chi connectivity index (χ0v) is 10.8. The van der Waals surface area contributed by atoms with Crippen molar-refractivity contribution < 1.29 is 4.74 Å². The third-order valence-electron chi connectivity index (χ3n) is 3.32. The molecule has 1 atom stereocenters. The van der Waals surface area contributed by atoms with Gasteiger partial charge >= 0.3 is 0 Å². The molecule has 2 aromatic heterocycles. The van der Waals surface area contributed by atoms with Crippen LogP contribution in [0.5, 0.6) is 0 Å². The SMILES string of the molecule is c1cncc(COC[C@H]2CNCc3nccn3C2)c1. The molecule has 0 bridgehead atoms. The van der Waals surface area contributed by atoms with Crippen LogP contribution in [0.4, 0.5) is 0 Å². The van der Waals surface area contributed by atoms with Crippen molar-refractivity contribution in [3.8, 4) is 0 Å². The Kier molecular flexibility index (Phi) is 3.86. The van der Waals surface area contributed by atoms with Gasteiger partial charge in [-0.3, -0.25) is 4.98 Å². The second-order valence-corrected chi connectivity index (χ2v) is 4.87. The average molecular weight is 258 g/mol. The van der Waals surface area contributed by atoms with E-state index in [4.69, 9.17) is 4.74 Å². The van der Waals surface area contributed by atoms with Crippen LogP contribution >= 0.6 is 0 Å². The number of aromatic nitrogens is 3. The summed E-state index contributed by atoms with van der Waals surface area (Å²) in [7, 11) is 0. The van der Waals surface area contributed by atoms with Gasteiger partial charge in [-0.25, -0.2) is 4.98 Å². The fraction of sp³-hybridized carbons (Fsp3) is 0.429. The topological polar surface area (TPSA) is 52.0 Å². The van der Waals surface area contributed by atoms with E-state index in [0.29, 0.717) is 12.5 Å². The summed E-state index contributed by atoms with van der Waals surface area (Å²) in [5, 5.41) is 3.41. The van der Waals surface area contributed by atoms with Gasteiger partial charge < -0.3 is 14.6 Å². The zero-order valence-electron chi connectivity index (χ0n) is 10.8. The van der Waals surface area contributed by atoms with Crippen LogP contribution in [0.3, 0.4) is 0 Å². The van der Waals surface area contributed by atoms with E-state index < -0.39 is 0 Å². The smallest absolute Gasteiger partial charge is 0.122 e. The second-order valence-electron chi connectivity index (χ2n) is 4.87. The lowest BCUT2D eigenvalue weighted by atomic mass is 10.1. The Labute approximate surface area is 112 Å². The summed E-state index contributed by atoms with van der Waals surface area (Å²) in [5.74, 6) is 1.59. The van der Waals surface area contributed by atoms with Crippen molar-refractivity contribution in [2.24, 2.45) is 5.92 Å². The number of nitrogens with one attached hydrogen (secondary N) is 1. The quantitative estimate of drug-likeness (QED) is 0.895. The third kappa shape index (κ3) is 3.19. The highest BCUT2D eigenvalue weighted by atomic mass is 16.5. The molecular formula is C14H18N4O. The lowest BCUT2D eigenvalue weighted by Crippen LogP contribution is -2.25. The number of pyridine rings is 1. The van der Waals surface area contributed by atoms with E-state index >= 15 is 0 Å². The maximum atomic E-state index is 5.79. The van der Waals surface area contributed by atoms with Crippen LogP contribution in [-0.2, 0) is 24.4 Å². The predicted molar refractivity (Wildman–Crippen MR) is 71.3 cm³/mol. The molecule has 0 radical (unpaired) electrons. The molecule has 2 aromatic rings. The van der Waals surface area contributed by atoms with Crippen molar-refractivity contribution in [2.45, 2.75) is 19.7 Å². The fourth-order valence-corrected chi connectivity index (χ4v) is 2.34. The molecule has 0 unspecified atom stereocenters. The first-order valence-electron chi connectivity index (χ1n) is 6.59. The molecular weight excluding hydrogens is 240 g/mol. The summed E-state index contributed by atoms with van der Waals surface area (Å²) in [6.45, 7) is 4.15. The molecule has 100 valence electrons. The Bertz CT molecular complexity index is 511. The Morgan fingerprint density at radius 3 is 3.32 bits per heavy atom. The van der Waals surface area contributed by atoms with Crippen LogP contribution < -0.4 is 5.32 Å². The normalized spacial score (nSPS) is 18.8. The van der Waals surface area contributed by atoms with Crippen molar-refractivity contribution >= 4 is 0 Å². The van der Waals surface area contributed by atoms with Crippen LogP contribution in [-0.4, -0.2) is 27.7 Å². The molecule has 3 heterocycles. The number of imidazole rings is 1. The number of nitrogens with zero attached hydrogens (tertiary/aromatic N) is 3. The maximum absolute atomic E-state index is 5.79. The lowest BCUT2D eigenvalue weighted by Gasteiger charge is -2.15. The predicted octanol–water partition coefficient (Wildman–Crippen LogP) is 1.21. The van der Waals surface area contributed by atoms with E-state index in [9.17, 15) is 0 Å². The highest BCUT2D eigenvalue weighted by Gasteiger charge is 2.16. The van der Waals surface area contributed by atoms with Crippen molar-refractivity contribution in [2.75, 3.05) is 13.2 Å². The van der Waals surface area contributed by atoms with Gasteiger partial charge in [0.05, 0.1) is 19.8 Å². The third-order valence-corrected chi connectivity index (χ3v) is 3.32. The molecule has 0 saturated heterocycles.